The van der Waals surface area contributed by atoms with Gasteiger partial charge < -0.3 is 24.7 Å². The summed E-state index contributed by atoms with van der Waals surface area (Å²) in [6.07, 6.45) is -3.19. The van der Waals surface area contributed by atoms with E-state index in [0.29, 0.717) is 12.4 Å². The largest absolute Gasteiger partial charge is 0.394 e. The van der Waals surface area contributed by atoms with Crippen molar-refractivity contribution in [2.75, 3.05) is 19.0 Å². The third-order valence-electron chi connectivity index (χ3n) is 3.94. The zero-order valence-electron chi connectivity index (χ0n) is 11.9. The van der Waals surface area contributed by atoms with E-state index in [1.165, 1.54) is 12.0 Å². The van der Waals surface area contributed by atoms with Gasteiger partial charge in [0.15, 0.2) is 6.23 Å². The molecule has 116 valence electrons. The van der Waals surface area contributed by atoms with E-state index in [9.17, 15) is 15.0 Å². The number of carbonyl (C=O) groups excluding carboxylic acids is 1. The fourth-order valence-electron chi connectivity index (χ4n) is 2.90. The number of urea groups is 1. The number of nitrogens with zero attached hydrogens (tertiary/aromatic N) is 1. The maximum Gasteiger partial charge on any atom is 0.325 e. The molecule has 0 aliphatic carbocycles. The van der Waals surface area contributed by atoms with Crippen LogP contribution in [0, 0.1) is 6.92 Å². The average Bonchev–Trinajstić information content (AvgIpc) is 2.96. The van der Waals surface area contributed by atoms with E-state index in [1.807, 2.05) is 13.0 Å². The van der Waals surface area contributed by atoms with Crippen molar-refractivity contribution < 1.29 is 24.5 Å². The van der Waals surface area contributed by atoms with Gasteiger partial charge in [-0.1, -0.05) is 0 Å². The van der Waals surface area contributed by atoms with Crippen molar-refractivity contribution in [1.29, 1.82) is 0 Å². The second kappa shape index (κ2) is 5.30. The fourth-order valence-corrected chi connectivity index (χ4v) is 2.90. The van der Waals surface area contributed by atoms with Crippen LogP contribution in [0.3, 0.4) is 0 Å². The van der Waals surface area contributed by atoms with Crippen LogP contribution >= 0.6 is 0 Å². The zero-order valence-corrected chi connectivity index (χ0v) is 11.9. The van der Waals surface area contributed by atoms with E-state index >= 15 is 0 Å². The molecule has 0 radical (unpaired) electrons. The molecule has 0 spiro atoms. The maximum absolute atomic E-state index is 12.2. The smallest absolute Gasteiger partial charge is 0.325 e. The monoisotopic (exact) mass is 297 g/mol. The van der Waals surface area contributed by atoms with Gasteiger partial charge in [0, 0.05) is 18.4 Å². The Morgan fingerprint density at radius 1 is 1.57 bits per heavy atom. The first-order valence-electron chi connectivity index (χ1n) is 6.78. The van der Waals surface area contributed by atoms with E-state index in [0.717, 1.165) is 11.3 Å². The van der Waals surface area contributed by atoms with Crippen molar-refractivity contribution in [3.05, 3.63) is 17.3 Å². The van der Waals surface area contributed by atoms with E-state index in [2.05, 4.69) is 10.3 Å². The predicted molar refractivity (Wildman–Crippen MR) is 72.6 cm³/mol. The first-order valence-corrected chi connectivity index (χ1v) is 6.78. The van der Waals surface area contributed by atoms with Crippen LogP contribution in [0.15, 0.2) is 6.07 Å². The number of methoxy groups -OCH3 is 1. The first-order chi connectivity index (χ1) is 10.0. The highest BCUT2D eigenvalue weighted by atomic mass is 16.6. The summed E-state index contributed by atoms with van der Waals surface area (Å²) in [7, 11) is 1.44. The van der Waals surface area contributed by atoms with Crippen LogP contribution in [0.1, 0.15) is 11.3 Å². The number of aryl methyl sites for hydroxylation is 1. The van der Waals surface area contributed by atoms with E-state index < -0.39 is 24.5 Å². The average molecular weight is 297 g/mol. The summed E-state index contributed by atoms with van der Waals surface area (Å²) in [4.78, 5) is 16.8. The van der Waals surface area contributed by atoms with Crippen molar-refractivity contribution in [1.82, 2.24) is 9.88 Å². The number of rotatable bonds is 3. The van der Waals surface area contributed by atoms with Crippen LogP contribution in [0.4, 0.5) is 10.6 Å². The molecule has 2 amide bonds. The highest BCUT2D eigenvalue weighted by Gasteiger charge is 2.48. The molecular formula is C13H19N3O5. The number of aliphatic hydroxyl groups excluding tert-OH is 2. The van der Waals surface area contributed by atoms with E-state index in [-0.39, 0.29) is 12.6 Å². The summed E-state index contributed by atoms with van der Waals surface area (Å²) in [6.45, 7) is 1.92. The Hall–Kier alpha value is -1.61. The van der Waals surface area contributed by atoms with Gasteiger partial charge in [-0.05, 0) is 13.0 Å². The van der Waals surface area contributed by atoms with Crippen LogP contribution in [0.5, 0.6) is 0 Å². The highest BCUT2D eigenvalue weighted by molar-refractivity contribution is 5.91. The molecule has 4 N–H and O–H groups in total. The summed E-state index contributed by atoms with van der Waals surface area (Å²) >= 11 is 0. The Labute approximate surface area is 121 Å². The standard InChI is InChI=1S/C13H19N3O5/c1-6-3-7-4-16(13(19)15-11(7)14-6)12-10(20-2)9(18)8(5-17)21-12/h3,8-10,12,14,17-18H,4-5H2,1-2H3,(H,15,19)/t8-,9-,10-,12-/m1/s1. The second-order valence-electron chi connectivity index (χ2n) is 5.35. The Morgan fingerprint density at radius 2 is 2.33 bits per heavy atom. The third kappa shape index (κ3) is 2.30. The van der Waals surface area contributed by atoms with E-state index in [1.54, 1.807) is 0 Å². The number of ether oxygens (including phenoxy) is 2. The molecule has 1 aromatic heterocycles. The predicted octanol–water partition coefficient (Wildman–Crippen LogP) is -0.236. The molecule has 8 heteroatoms. The van der Waals surface area contributed by atoms with Crippen molar-refractivity contribution in [3.8, 4) is 0 Å². The molecule has 2 aliphatic heterocycles. The van der Waals surface area contributed by atoms with Gasteiger partial charge in [-0.3, -0.25) is 10.2 Å². The summed E-state index contributed by atoms with van der Waals surface area (Å²) in [5, 5.41) is 22.0. The minimum absolute atomic E-state index is 0.331. The molecule has 4 atom stereocenters. The molecule has 3 heterocycles. The fraction of sp³-hybridized carbons (Fsp3) is 0.615. The summed E-state index contributed by atoms with van der Waals surface area (Å²) in [5.41, 5.74) is 1.89. The van der Waals surface area contributed by atoms with Gasteiger partial charge in [0.05, 0.1) is 13.2 Å². The molecule has 3 rings (SSSR count). The van der Waals surface area contributed by atoms with Gasteiger partial charge in [0.1, 0.15) is 24.1 Å². The minimum atomic E-state index is -0.979. The van der Waals surface area contributed by atoms with Crippen LogP contribution in [-0.2, 0) is 16.0 Å². The highest BCUT2D eigenvalue weighted by Crippen LogP contribution is 2.31. The molecule has 0 aromatic carbocycles. The summed E-state index contributed by atoms with van der Waals surface area (Å²) in [6, 6.07) is 1.61. The molecule has 8 nitrogen and oxygen atoms in total. The molecule has 1 saturated heterocycles. The van der Waals surface area contributed by atoms with Gasteiger partial charge >= 0.3 is 6.03 Å². The lowest BCUT2D eigenvalue weighted by atomic mass is 10.1. The van der Waals surface area contributed by atoms with Crippen molar-refractivity contribution in [2.45, 2.75) is 38.0 Å². The number of carbonyl (C=O) groups is 1. The lowest BCUT2D eigenvalue weighted by Gasteiger charge is -2.34. The Morgan fingerprint density at radius 3 is 3.00 bits per heavy atom. The van der Waals surface area contributed by atoms with Gasteiger partial charge in [0.25, 0.3) is 0 Å². The number of hydrogen-bond acceptors (Lipinski definition) is 5. The van der Waals surface area contributed by atoms with Gasteiger partial charge in [0.2, 0.25) is 0 Å². The van der Waals surface area contributed by atoms with Crippen LogP contribution in [0.2, 0.25) is 0 Å². The summed E-state index contributed by atoms with van der Waals surface area (Å²) in [5.74, 6) is 0.681. The number of hydrogen-bond donors (Lipinski definition) is 4. The molecule has 21 heavy (non-hydrogen) atoms. The molecule has 1 aromatic rings. The molecule has 0 saturated carbocycles. The Balaban J connectivity index is 1.85. The number of fused-ring (bicyclic) bond motifs is 1. The topological polar surface area (TPSA) is 107 Å². The number of aliphatic hydroxyl groups is 2. The Bertz CT molecular complexity index is 546. The number of nitrogens with one attached hydrogen (secondary N) is 2. The third-order valence-corrected chi connectivity index (χ3v) is 3.94. The number of H-pyrrole nitrogens is 1. The van der Waals surface area contributed by atoms with Gasteiger partial charge in [-0.2, -0.15) is 0 Å². The Kier molecular flexibility index (Phi) is 3.62. The number of amides is 2. The van der Waals surface area contributed by atoms with Crippen molar-refractivity contribution >= 4 is 11.8 Å². The first kappa shape index (κ1) is 14.3. The molecule has 0 unspecified atom stereocenters. The van der Waals surface area contributed by atoms with Crippen LogP contribution in [-0.4, -0.2) is 64.4 Å². The lowest BCUT2D eigenvalue weighted by Crippen LogP contribution is -2.51. The molecular weight excluding hydrogens is 278 g/mol. The van der Waals surface area contributed by atoms with Gasteiger partial charge in [-0.25, -0.2) is 4.79 Å². The minimum Gasteiger partial charge on any atom is -0.394 e. The lowest BCUT2D eigenvalue weighted by molar-refractivity contribution is -0.0884. The molecule has 1 fully saturated rings. The van der Waals surface area contributed by atoms with Gasteiger partial charge in [-0.15, -0.1) is 0 Å². The van der Waals surface area contributed by atoms with Crippen LogP contribution in [0.25, 0.3) is 0 Å². The summed E-state index contributed by atoms with van der Waals surface area (Å²) < 4.78 is 10.8. The second-order valence-corrected chi connectivity index (χ2v) is 5.35. The van der Waals surface area contributed by atoms with Crippen LogP contribution < -0.4 is 5.32 Å². The maximum atomic E-state index is 12.2. The van der Waals surface area contributed by atoms with E-state index in [4.69, 9.17) is 9.47 Å². The number of aromatic nitrogens is 1. The SMILES string of the molecule is CO[C@@H]1[C@H](O)[C@@H](CO)O[C@H]1N1Cc2cc(C)[nH]c2NC1=O. The quantitative estimate of drug-likeness (QED) is 0.616. The normalized spacial score (nSPS) is 32.2. The molecule has 0 bridgehead atoms. The number of aromatic amines is 1. The van der Waals surface area contributed by atoms with Crippen molar-refractivity contribution in [2.24, 2.45) is 0 Å². The number of anilines is 1. The molecule has 2 aliphatic rings. The van der Waals surface area contributed by atoms with Crippen molar-refractivity contribution in [3.63, 3.8) is 0 Å². The zero-order chi connectivity index (χ0) is 15.1.